The smallest absolute Gasteiger partial charge is 0.341 e. The first kappa shape index (κ1) is 20.8. The number of rotatable bonds is 5. The first-order valence-electron chi connectivity index (χ1n) is 10.4. The number of hydrogen-bond donors (Lipinski definition) is 0. The normalized spacial score (nSPS) is 16.2. The van der Waals surface area contributed by atoms with Crippen LogP contribution in [0.5, 0.6) is 0 Å². The Kier molecular flexibility index (Phi) is 6.13. The van der Waals surface area contributed by atoms with Gasteiger partial charge < -0.3 is 14.4 Å². The molecule has 2 aromatic carbocycles. The summed E-state index contributed by atoms with van der Waals surface area (Å²) in [6.45, 7) is 5.48. The second kappa shape index (κ2) is 9.14. The van der Waals surface area contributed by atoms with Crippen LogP contribution in [0.1, 0.15) is 45.0 Å². The first-order valence-corrected chi connectivity index (χ1v) is 10.4. The second-order valence-corrected chi connectivity index (χ2v) is 7.34. The van der Waals surface area contributed by atoms with E-state index in [9.17, 15) is 9.59 Å². The number of aromatic nitrogens is 2. The Morgan fingerprint density at radius 2 is 1.87 bits per heavy atom. The molecule has 7 nitrogen and oxygen atoms in total. The summed E-state index contributed by atoms with van der Waals surface area (Å²) < 4.78 is 12.6. The van der Waals surface area contributed by atoms with Crippen molar-refractivity contribution in [1.82, 2.24) is 14.7 Å². The minimum Gasteiger partial charge on any atom is -0.462 e. The zero-order valence-electron chi connectivity index (χ0n) is 17.7. The topological polar surface area (TPSA) is 73.7 Å². The van der Waals surface area contributed by atoms with Crippen molar-refractivity contribution in [2.24, 2.45) is 0 Å². The maximum Gasteiger partial charge on any atom is 0.341 e. The van der Waals surface area contributed by atoms with Crippen molar-refractivity contribution >= 4 is 11.9 Å². The van der Waals surface area contributed by atoms with E-state index in [1.165, 1.54) is 6.20 Å². The number of carbonyl (C=O) groups is 2. The molecule has 1 aliphatic heterocycles. The fraction of sp³-hybridized carbons (Fsp3) is 0.292. The summed E-state index contributed by atoms with van der Waals surface area (Å²) in [5.74, 6) is -0.418. The highest BCUT2D eigenvalue weighted by atomic mass is 16.5. The number of hydrogen-bond acceptors (Lipinski definition) is 5. The van der Waals surface area contributed by atoms with Crippen LogP contribution in [0.3, 0.4) is 0 Å². The van der Waals surface area contributed by atoms with Crippen LogP contribution in [-0.4, -0.2) is 52.9 Å². The number of ether oxygens (including phenoxy) is 2. The molecule has 1 saturated heterocycles. The van der Waals surface area contributed by atoms with E-state index in [0.717, 1.165) is 11.3 Å². The van der Waals surface area contributed by atoms with Gasteiger partial charge in [-0.3, -0.25) is 4.79 Å². The Bertz CT molecular complexity index is 1060. The molecule has 31 heavy (non-hydrogen) atoms. The number of carbonyl (C=O) groups excluding carboxylic acids is 2. The van der Waals surface area contributed by atoms with E-state index in [-0.39, 0.29) is 12.0 Å². The molecule has 3 aromatic rings. The molecule has 0 N–H and O–H groups in total. The van der Waals surface area contributed by atoms with E-state index < -0.39 is 5.97 Å². The Morgan fingerprint density at radius 1 is 1.13 bits per heavy atom. The van der Waals surface area contributed by atoms with E-state index in [1.807, 2.05) is 54.3 Å². The van der Waals surface area contributed by atoms with E-state index >= 15 is 0 Å². The molecule has 0 bridgehead atoms. The SMILES string of the molecule is CCOC(=O)c1cnn(-c2ccc(C(=O)N3CCOC(c4ccccc4)C3)cc2)c1C. The van der Waals surface area contributed by atoms with Crippen molar-refractivity contribution in [3.05, 3.63) is 83.2 Å². The lowest BCUT2D eigenvalue weighted by Crippen LogP contribution is -2.42. The lowest BCUT2D eigenvalue weighted by Gasteiger charge is -2.33. The molecule has 1 aromatic heterocycles. The number of nitrogens with zero attached hydrogens (tertiary/aromatic N) is 3. The number of benzene rings is 2. The molecule has 160 valence electrons. The predicted octanol–water partition coefficient (Wildman–Crippen LogP) is 3.57. The van der Waals surface area contributed by atoms with Gasteiger partial charge in [-0.05, 0) is 43.7 Å². The molecule has 0 spiro atoms. The monoisotopic (exact) mass is 419 g/mol. The Balaban J connectivity index is 1.48. The maximum absolute atomic E-state index is 13.0. The van der Waals surface area contributed by atoms with Crippen molar-refractivity contribution in [1.29, 1.82) is 0 Å². The van der Waals surface area contributed by atoms with Crippen molar-refractivity contribution in [3.8, 4) is 5.69 Å². The third-order valence-corrected chi connectivity index (χ3v) is 5.39. The van der Waals surface area contributed by atoms with E-state index in [4.69, 9.17) is 9.47 Å². The summed E-state index contributed by atoms with van der Waals surface area (Å²) in [7, 11) is 0. The molecule has 1 unspecified atom stereocenters. The van der Waals surface area contributed by atoms with Gasteiger partial charge >= 0.3 is 5.97 Å². The zero-order chi connectivity index (χ0) is 21.8. The van der Waals surface area contributed by atoms with Crippen LogP contribution in [0.2, 0.25) is 0 Å². The number of morpholine rings is 1. The Hall–Kier alpha value is -3.45. The van der Waals surface area contributed by atoms with Crippen LogP contribution in [0.25, 0.3) is 5.69 Å². The van der Waals surface area contributed by atoms with Crippen molar-refractivity contribution in [3.63, 3.8) is 0 Å². The van der Waals surface area contributed by atoms with Crippen LogP contribution in [0.15, 0.2) is 60.8 Å². The van der Waals surface area contributed by atoms with Crippen LogP contribution >= 0.6 is 0 Å². The molecular formula is C24H25N3O4. The molecule has 0 aliphatic carbocycles. The van der Waals surface area contributed by atoms with Gasteiger partial charge in [0.15, 0.2) is 0 Å². The summed E-state index contributed by atoms with van der Waals surface area (Å²) in [6, 6.07) is 17.2. The van der Waals surface area contributed by atoms with Gasteiger partial charge in [0, 0.05) is 12.1 Å². The lowest BCUT2D eigenvalue weighted by atomic mass is 10.1. The van der Waals surface area contributed by atoms with Gasteiger partial charge in [-0.25, -0.2) is 9.48 Å². The van der Waals surface area contributed by atoms with E-state index in [1.54, 1.807) is 23.7 Å². The molecule has 1 amide bonds. The third-order valence-electron chi connectivity index (χ3n) is 5.39. The standard InChI is InChI=1S/C24H25N3O4/c1-3-30-24(29)21-15-25-27(17(21)2)20-11-9-19(10-12-20)23(28)26-13-14-31-22(16-26)18-7-5-4-6-8-18/h4-12,15,22H,3,13-14,16H2,1-2H3. The van der Waals surface area contributed by atoms with Gasteiger partial charge in [-0.2, -0.15) is 5.10 Å². The van der Waals surface area contributed by atoms with E-state index in [2.05, 4.69) is 5.10 Å². The molecule has 0 radical (unpaired) electrons. The van der Waals surface area contributed by atoms with Crippen LogP contribution < -0.4 is 0 Å². The third kappa shape index (κ3) is 4.36. The van der Waals surface area contributed by atoms with Gasteiger partial charge in [0.1, 0.15) is 11.7 Å². The summed E-state index contributed by atoms with van der Waals surface area (Å²) >= 11 is 0. The highest BCUT2D eigenvalue weighted by molar-refractivity contribution is 5.94. The van der Waals surface area contributed by atoms with Crippen molar-refractivity contribution in [2.45, 2.75) is 20.0 Å². The molecule has 1 atom stereocenters. The minimum atomic E-state index is -0.390. The van der Waals surface area contributed by atoms with Crippen LogP contribution in [-0.2, 0) is 9.47 Å². The highest BCUT2D eigenvalue weighted by Gasteiger charge is 2.26. The van der Waals surface area contributed by atoms with Crippen molar-refractivity contribution < 1.29 is 19.1 Å². The summed E-state index contributed by atoms with van der Waals surface area (Å²) in [4.78, 5) is 26.9. The fourth-order valence-corrected chi connectivity index (χ4v) is 3.71. The molecule has 1 aliphatic rings. The molecule has 1 fully saturated rings. The second-order valence-electron chi connectivity index (χ2n) is 7.34. The van der Waals surface area contributed by atoms with Crippen LogP contribution in [0.4, 0.5) is 0 Å². The largest absolute Gasteiger partial charge is 0.462 e. The van der Waals surface area contributed by atoms with Gasteiger partial charge in [-0.1, -0.05) is 30.3 Å². The predicted molar refractivity (Wildman–Crippen MR) is 115 cm³/mol. The summed E-state index contributed by atoms with van der Waals surface area (Å²) in [6.07, 6.45) is 1.38. The zero-order valence-corrected chi connectivity index (χ0v) is 17.7. The van der Waals surface area contributed by atoms with Crippen LogP contribution in [0, 0.1) is 6.92 Å². The fourth-order valence-electron chi connectivity index (χ4n) is 3.71. The Labute approximate surface area is 181 Å². The number of amides is 1. The average molecular weight is 419 g/mol. The molecule has 2 heterocycles. The van der Waals surface area contributed by atoms with Gasteiger partial charge in [0.25, 0.3) is 5.91 Å². The lowest BCUT2D eigenvalue weighted by molar-refractivity contribution is -0.0228. The van der Waals surface area contributed by atoms with E-state index in [0.29, 0.717) is 43.1 Å². The first-order chi connectivity index (χ1) is 15.1. The average Bonchev–Trinajstić information content (AvgIpc) is 3.21. The van der Waals surface area contributed by atoms with Gasteiger partial charge in [0.05, 0.1) is 37.3 Å². The van der Waals surface area contributed by atoms with Gasteiger partial charge in [-0.15, -0.1) is 0 Å². The summed E-state index contributed by atoms with van der Waals surface area (Å²) in [5.41, 5.74) is 3.57. The van der Waals surface area contributed by atoms with Gasteiger partial charge in [0.2, 0.25) is 0 Å². The summed E-state index contributed by atoms with van der Waals surface area (Å²) in [5, 5.41) is 4.30. The molecule has 4 rings (SSSR count). The molecule has 0 saturated carbocycles. The quantitative estimate of drug-likeness (QED) is 0.591. The Morgan fingerprint density at radius 3 is 2.58 bits per heavy atom. The molecule has 7 heteroatoms. The van der Waals surface area contributed by atoms with Crippen molar-refractivity contribution in [2.75, 3.05) is 26.3 Å². The minimum absolute atomic E-state index is 0.0276. The maximum atomic E-state index is 13.0. The highest BCUT2D eigenvalue weighted by Crippen LogP contribution is 2.23. The molecular weight excluding hydrogens is 394 g/mol. The number of esters is 1.